The van der Waals surface area contributed by atoms with E-state index in [4.69, 9.17) is 2.74 Å². The SMILES string of the molecule is [2H]C([2H])(CCCCCCCCCCC)[N+](C)(C)[O-]. The first-order chi connectivity index (χ1) is 8.31. The lowest BCUT2D eigenvalue weighted by Gasteiger charge is -2.33. The number of unbranched alkanes of at least 4 members (excludes halogenated alkanes) is 8. The van der Waals surface area contributed by atoms with Gasteiger partial charge in [0.05, 0.1) is 23.3 Å². The van der Waals surface area contributed by atoms with Crippen LogP contribution in [0.25, 0.3) is 0 Å². The molecule has 0 aliphatic heterocycles. The molecule has 0 saturated heterocycles. The van der Waals surface area contributed by atoms with Gasteiger partial charge < -0.3 is 9.85 Å². The molecule has 98 valence electrons. The first kappa shape index (κ1) is 12.4. The van der Waals surface area contributed by atoms with Gasteiger partial charge in [-0.05, 0) is 12.8 Å². The van der Waals surface area contributed by atoms with E-state index in [0.717, 1.165) is 12.8 Å². The first-order valence-corrected chi connectivity index (χ1v) is 6.86. The van der Waals surface area contributed by atoms with Crippen molar-refractivity contribution >= 4 is 0 Å². The molecule has 0 aliphatic rings. The number of hydrogen-bond acceptors (Lipinski definition) is 1. The second kappa shape index (κ2) is 10.1. The second-order valence-electron chi connectivity index (χ2n) is 5.09. The average Bonchev–Trinajstić information content (AvgIpc) is 2.25. The highest BCUT2D eigenvalue weighted by atomic mass is 16.5. The van der Waals surface area contributed by atoms with Crippen molar-refractivity contribution in [3.8, 4) is 0 Å². The summed E-state index contributed by atoms with van der Waals surface area (Å²) in [6.07, 6.45) is 11.3. The average molecular weight is 231 g/mol. The highest BCUT2D eigenvalue weighted by Crippen LogP contribution is 2.11. The summed E-state index contributed by atoms with van der Waals surface area (Å²) in [5.41, 5.74) is 0. The van der Waals surface area contributed by atoms with Crippen LogP contribution in [0.4, 0.5) is 0 Å². The summed E-state index contributed by atoms with van der Waals surface area (Å²) in [6.45, 7) is 0.588. The van der Waals surface area contributed by atoms with Crippen LogP contribution in [0, 0.1) is 5.21 Å². The van der Waals surface area contributed by atoms with Crippen LogP contribution in [-0.4, -0.2) is 25.2 Å². The van der Waals surface area contributed by atoms with Crippen LogP contribution in [0.3, 0.4) is 0 Å². The molecule has 0 atom stereocenters. The zero-order valence-electron chi connectivity index (χ0n) is 13.4. The highest BCUT2D eigenvalue weighted by Gasteiger charge is 2.00. The Morgan fingerprint density at radius 3 is 1.56 bits per heavy atom. The van der Waals surface area contributed by atoms with E-state index in [9.17, 15) is 5.21 Å². The quantitative estimate of drug-likeness (QED) is 0.292. The molecule has 0 amide bonds. The van der Waals surface area contributed by atoms with Crippen LogP contribution in [0.2, 0.25) is 0 Å². The molecule has 0 N–H and O–H groups in total. The van der Waals surface area contributed by atoms with Crippen molar-refractivity contribution in [3.05, 3.63) is 5.21 Å². The minimum absolute atomic E-state index is 0.374. The van der Waals surface area contributed by atoms with E-state index in [2.05, 4.69) is 6.92 Å². The number of hydroxylamine groups is 3. The van der Waals surface area contributed by atoms with E-state index < -0.39 is 11.1 Å². The van der Waals surface area contributed by atoms with E-state index in [1.54, 1.807) is 0 Å². The van der Waals surface area contributed by atoms with Crippen LogP contribution in [0.5, 0.6) is 0 Å². The Morgan fingerprint density at radius 1 is 0.812 bits per heavy atom. The maximum Gasteiger partial charge on any atom is 0.0927 e. The Labute approximate surface area is 105 Å². The van der Waals surface area contributed by atoms with Crippen molar-refractivity contribution in [1.29, 1.82) is 0 Å². The molecule has 0 aliphatic carbocycles. The smallest absolute Gasteiger partial charge is 0.0927 e. The molecule has 16 heavy (non-hydrogen) atoms. The molecule has 0 heterocycles. The lowest BCUT2D eigenvalue weighted by atomic mass is 10.1. The van der Waals surface area contributed by atoms with Gasteiger partial charge in [-0.1, -0.05) is 58.3 Å². The summed E-state index contributed by atoms with van der Waals surface area (Å²) >= 11 is 0. The summed E-state index contributed by atoms with van der Waals surface area (Å²) in [6, 6.07) is 0. The molecule has 0 bridgehead atoms. The lowest BCUT2D eigenvalue weighted by molar-refractivity contribution is -0.840. The Bertz CT molecular complexity index is 202. The molecule has 0 radical (unpaired) electrons. The predicted octanol–water partition coefficient (Wildman–Crippen LogP) is 4.48. The van der Waals surface area contributed by atoms with Crippen LogP contribution in [0.15, 0.2) is 0 Å². The molecular formula is C14H31NO. The third-order valence-corrected chi connectivity index (χ3v) is 2.77. The van der Waals surface area contributed by atoms with E-state index in [1.807, 2.05) is 0 Å². The zero-order chi connectivity index (χ0) is 14.1. The summed E-state index contributed by atoms with van der Waals surface area (Å²) in [4.78, 5) is 0. The third-order valence-electron chi connectivity index (χ3n) is 2.77. The van der Waals surface area contributed by atoms with Gasteiger partial charge >= 0.3 is 0 Å². The van der Waals surface area contributed by atoms with E-state index >= 15 is 0 Å². The third kappa shape index (κ3) is 13.9. The zero-order valence-corrected chi connectivity index (χ0v) is 11.4. The fourth-order valence-electron chi connectivity index (χ4n) is 1.78. The van der Waals surface area contributed by atoms with Crippen molar-refractivity contribution in [1.82, 2.24) is 0 Å². The molecule has 2 heteroatoms. The Morgan fingerprint density at radius 2 is 1.19 bits per heavy atom. The monoisotopic (exact) mass is 231 g/mol. The molecule has 0 aromatic carbocycles. The molecule has 0 rings (SSSR count). The molecule has 0 aromatic heterocycles. The molecule has 0 spiro atoms. The number of quaternary nitrogens is 1. The standard InChI is InChI=1S/C14H31NO/c1-4-5-6-7-8-9-10-11-12-13-14-15(2,3)16/h4-14H2,1-3H3/i14D2. The molecule has 2 nitrogen and oxygen atoms in total. The minimum Gasteiger partial charge on any atom is -0.633 e. The molecule has 0 saturated carbocycles. The van der Waals surface area contributed by atoms with Gasteiger partial charge in [-0.2, -0.15) is 0 Å². The minimum atomic E-state index is -1.64. The molecule has 0 aromatic rings. The van der Waals surface area contributed by atoms with Crippen molar-refractivity contribution in [3.63, 3.8) is 0 Å². The fraction of sp³-hybridized carbons (Fsp3) is 1.00. The Hall–Kier alpha value is -0.0800. The highest BCUT2D eigenvalue weighted by molar-refractivity contribution is 4.47. The molecule has 0 unspecified atom stereocenters. The fourth-order valence-corrected chi connectivity index (χ4v) is 1.78. The van der Waals surface area contributed by atoms with Crippen molar-refractivity contribution in [2.24, 2.45) is 0 Å². The van der Waals surface area contributed by atoms with Crippen molar-refractivity contribution in [2.45, 2.75) is 71.1 Å². The second-order valence-corrected chi connectivity index (χ2v) is 5.09. The van der Waals surface area contributed by atoms with E-state index in [0.29, 0.717) is 6.42 Å². The summed E-state index contributed by atoms with van der Waals surface area (Å²) in [5.74, 6) is 0. The lowest BCUT2D eigenvalue weighted by Crippen LogP contribution is -2.32. The summed E-state index contributed by atoms with van der Waals surface area (Å²) in [5, 5.41) is 11.6. The maximum absolute atomic E-state index is 11.6. The van der Waals surface area contributed by atoms with Gasteiger partial charge in [-0.25, -0.2) is 0 Å². The topological polar surface area (TPSA) is 23.1 Å². The summed E-state index contributed by atoms with van der Waals surface area (Å²) < 4.78 is 14.5. The van der Waals surface area contributed by atoms with E-state index in [-0.39, 0.29) is 0 Å². The van der Waals surface area contributed by atoms with Gasteiger partial charge in [-0.15, -0.1) is 0 Å². The van der Waals surface area contributed by atoms with Crippen LogP contribution >= 0.6 is 0 Å². The first-order valence-electron chi connectivity index (χ1n) is 7.86. The number of rotatable bonds is 11. The predicted molar refractivity (Wildman–Crippen MR) is 72.2 cm³/mol. The largest absolute Gasteiger partial charge is 0.633 e. The van der Waals surface area contributed by atoms with Crippen molar-refractivity contribution in [2.75, 3.05) is 20.6 Å². The Balaban J connectivity index is 3.41. The molecule has 0 fully saturated rings. The van der Waals surface area contributed by atoms with Crippen LogP contribution in [0.1, 0.15) is 73.9 Å². The van der Waals surface area contributed by atoms with Crippen molar-refractivity contribution < 1.29 is 7.39 Å². The van der Waals surface area contributed by atoms with Gasteiger partial charge in [0.2, 0.25) is 0 Å². The van der Waals surface area contributed by atoms with Gasteiger partial charge in [0.1, 0.15) is 0 Å². The van der Waals surface area contributed by atoms with Gasteiger partial charge in [0.15, 0.2) is 0 Å². The Kier molecular flexibility index (Phi) is 7.81. The normalized spacial score (nSPS) is 14.8. The van der Waals surface area contributed by atoms with Crippen LogP contribution < -0.4 is 0 Å². The summed E-state index contributed by atoms with van der Waals surface area (Å²) in [7, 11) is 2.77. The number of hydrogen-bond donors (Lipinski definition) is 0. The maximum atomic E-state index is 11.6. The van der Waals surface area contributed by atoms with Gasteiger partial charge in [0, 0.05) is 0 Å². The molecular weight excluding hydrogens is 198 g/mol. The van der Waals surface area contributed by atoms with E-state index in [1.165, 1.54) is 59.0 Å². The van der Waals surface area contributed by atoms with Crippen LogP contribution in [-0.2, 0) is 0 Å². The van der Waals surface area contributed by atoms with Gasteiger partial charge in [-0.3, -0.25) is 0 Å². The van der Waals surface area contributed by atoms with Gasteiger partial charge in [0.25, 0.3) is 0 Å². The number of nitrogens with zero attached hydrogens (tertiary/aromatic N) is 1.